The Balaban J connectivity index is 1.37. The summed E-state index contributed by atoms with van der Waals surface area (Å²) in [5, 5.41) is 6.06. The van der Waals surface area contributed by atoms with Crippen LogP contribution in [0.1, 0.15) is 66.6 Å². The van der Waals surface area contributed by atoms with E-state index in [1.807, 2.05) is 0 Å². The molecular formula is C28H33F2N5O4. The zero-order chi connectivity index (χ0) is 27.5. The van der Waals surface area contributed by atoms with E-state index in [1.165, 1.54) is 25.6 Å². The minimum Gasteiger partial charge on any atom is -0.493 e. The fourth-order valence-corrected chi connectivity index (χ4v) is 5.13. The number of nitrogens with zero attached hydrogens (tertiary/aromatic N) is 2. The maximum Gasteiger partial charge on any atom is 0.263 e. The van der Waals surface area contributed by atoms with Crippen molar-refractivity contribution in [3.05, 3.63) is 41.3 Å². The van der Waals surface area contributed by atoms with E-state index >= 15 is 0 Å². The van der Waals surface area contributed by atoms with Crippen LogP contribution < -0.4 is 15.4 Å². The van der Waals surface area contributed by atoms with E-state index < -0.39 is 6.43 Å². The van der Waals surface area contributed by atoms with Crippen molar-refractivity contribution in [2.45, 2.75) is 64.0 Å². The van der Waals surface area contributed by atoms with Crippen LogP contribution in [0.25, 0.3) is 22.3 Å². The number of H-pyrrole nitrogens is 1. The first-order valence-corrected chi connectivity index (χ1v) is 13.3. The molecule has 0 radical (unpaired) electrons. The normalized spacial score (nSPS) is 19.3. The van der Waals surface area contributed by atoms with E-state index in [0.29, 0.717) is 51.8 Å². The molecule has 0 atom stereocenters. The maximum absolute atomic E-state index is 13.6. The molecule has 0 spiro atoms. The number of hydrogen-bond donors (Lipinski definition) is 3. The summed E-state index contributed by atoms with van der Waals surface area (Å²) in [6, 6.07) is 4.35. The van der Waals surface area contributed by atoms with Crippen molar-refractivity contribution in [3.8, 4) is 17.0 Å². The van der Waals surface area contributed by atoms with E-state index in [-0.39, 0.29) is 36.1 Å². The molecule has 2 saturated carbocycles. The number of nitrogens with one attached hydrogen (secondary N) is 3. The van der Waals surface area contributed by atoms with Gasteiger partial charge in [-0.15, -0.1) is 0 Å². The number of carbonyl (C=O) groups is 2. The summed E-state index contributed by atoms with van der Waals surface area (Å²) in [6.45, 7) is 2.33. The second-order valence-electron chi connectivity index (χ2n) is 10.4. The predicted octanol–water partition coefficient (Wildman–Crippen LogP) is 4.46. The van der Waals surface area contributed by atoms with Gasteiger partial charge in [0.25, 0.3) is 12.3 Å². The number of benzene rings is 1. The first-order chi connectivity index (χ1) is 18.8. The van der Waals surface area contributed by atoms with E-state index in [0.717, 1.165) is 38.5 Å². The molecule has 2 heterocycles. The number of aryl methyl sites for hydroxylation is 1. The molecule has 0 aliphatic heterocycles. The lowest BCUT2D eigenvalue weighted by Gasteiger charge is -2.29. The molecule has 2 amide bonds. The van der Waals surface area contributed by atoms with Gasteiger partial charge in [-0.25, -0.2) is 18.7 Å². The molecule has 1 aromatic carbocycles. The molecule has 11 heteroatoms. The lowest BCUT2D eigenvalue weighted by atomic mass is 9.91. The predicted molar refractivity (Wildman–Crippen MR) is 141 cm³/mol. The highest BCUT2D eigenvalue weighted by molar-refractivity contribution is 6.09. The summed E-state index contributed by atoms with van der Waals surface area (Å²) < 4.78 is 38.0. The van der Waals surface area contributed by atoms with Gasteiger partial charge in [-0.1, -0.05) is 0 Å². The van der Waals surface area contributed by atoms with Crippen LogP contribution in [0.5, 0.6) is 5.75 Å². The highest BCUT2D eigenvalue weighted by Crippen LogP contribution is 2.38. The van der Waals surface area contributed by atoms with E-state index in [1.54, 1.807) is 13.0 Å². The molecule has 5 rings (SSSR count). The number of aromatic amines is 1. The van der Waals surface area contributed by atoms with Gasteiger partial charge in [0.05, 0.1) is 17.7 Å². The van der Waals surface area contributed by atoms with Crippen molar-refractivity contribution >= 4 is 22.8 Å². The Morgan fingerprint density at radius 2 is 1.79 bits per heavy atom. The average molecular weight is 542 g/mol. The van der Waals surface area contributed by atoms with Gasteiger partial charge < -0.3 is 25.1 Å². The Kier molecular flexibility index (Phi) is 8.06. The third-order valence-electron chi connectivity index (χ3n) is 7.38. The van der Waals surface area contributed by atoms with Crippen LogP contribution in [0.15, 0.2) is 24.5 Å². The van der Waals surface area contributed by atoms with Crippen LogP contribution in [0.2, 0.25) is 0 Å². The number of alkyl halides is 2. The molecule has 3 aromatic rings. The summed E-state index contributed by atoms with van der Waals surface area (Å²) in [5.74, 6) is 0.550. The molecule has 2 aliphatic carbocycles. The van der Waals surface area contributed by atoms with E-state index in [4.69, 9.17) is 9.47 Å². The summed E-state index contributed by atoms with van der Waals surface area (Å²) in [6.07, 6.45) is 3.86. The van der Waals surface area contributed by atoms with Gasteiger partial charge in [-0.3, -0.25) is 9.59 Å². The zero-order valence-corrected chi connectivity index (χ0v) is 22.1. The van der Waals surface area contributed by atoms with Crippen molar-refractivity contribution in [2.24, 2.45) is 5.92 Å². The van der Waals surface area contributed by atoms with Gasteiger partial charge >= 0.3 is 0 Å². The van der Waals surface area contributed by atoms with Crippen LogP contribution in [0.4, 0.5) is 8.78 Å². The fraction of sp³-hybridized carbons (Fsp3) is 0.500. The molecule has 2 aliphatic rings. The standard InChI is InChI=1S/C28H33F2N5O4/c1-15-23(28(37)35-19-8-6-18(7-9-19)34-22(36)13-38-2)25-26(33-15)24(31-14-32-25)20-11-17(27(29)30)5-10-21(20)39-12-16-3-4-16/h5,10-11,14,16,18-19,27,33H,3-4,6-9,12-13H2,1-2H3,(H,34,36)(H,35,37)/t18-,19+. The van der Waals surface area contributed by atoms with Gasteiger partial charge in [-0.2, -0.15) is 0 Å². The SMILES string of the molecule is COCC(=O)N[C@H]1CC[C@@H](NC(=O)c2c(C)[nH]c3c(-c4cc(C(F)F)ccc4OCC4CC4)ncnc23)CC1. The summed E-state index contributed by atoms with van der Waals surface area (Å²) in [4.78, 5) is 37.2. The quantitative estimate of drug-likeness (QED) is 0.349. The lowest BCUT2D eigenvalue weighted by molar-refractivity contribution is -0.125. The minimum atomic E-state index is -2.64. The van der Waals surface area contributed by atoms with Crippen LogP contribution in [0.3, 0.4) is 0 Å². The van der Waals surface area contributed by atoms with Crippen molar-refractivity contribution in [1.82, 2.24) is 25.6 Å². The van der Waals surface area contributed by atoms with Gasteiger partial charge in [0, 0.05) is 36.0 Å². The first-order valence-electron chi connectivity index (χ1n) is 13.3. The Morgan fingerprint density at radius 3 is 2.46 bits per heavy atom. The lowest BCUT2D eigenvalue weighted by Crippen LogP contribution is -2.44. The van der Waals surface area contributed by atoms with Crippen molar-refractivity contribution < 1.29 is 27.8 Å². The topological polar surface area (TPSA) is 118 Å². The smallest absolute Gasteiger partial charge is 0.263 e. The van der Waals surface area contributed by atoms with Crippen LogP contribution in [0, 0.1) is 12.8 Å². The molecule has 2 aromatic heterocycles. The number of methoxy groups -OCH3 is 1. The third-order valence-corrected chi connectivity index (χ3v) is 7.38. The first kappa shape index (κ1) is 27.0. The van der Waals surface area contributed by atoms with Crippen LogP contribution >= 0.6 is 0 Å². The van der Waals surface area contributed by atoms with E-state index in [9.17, 15) is 18.4 Å². The number of hydrogen-bond acceptors (Lipinski definition) is 6. The largest absolute Gasteiger partial charge is 0.493 e. The summed E-state index contributed by atoms with van der Waals surface area (Å²) >= 11 is 0. The highest BCUT2D eigenvalue weighted by atomic mass is 19.3. The molecule has 0 saturated heterocycles. The minimum absolute atomic E-state index is 0.0287. The molecular weight excluding hydrogens is 508 g/mol. The number of halogens is 2. The average Bonchev–Trinajstić information content (AvgIpc) is 3.68. The number of fused-ring (bicyclic) bond motifs is 1. The van der Waals surface area contributed by atoms with Gasteiger partial charge in [0.15, 0.2) is 0 Å². The van der Waals surface area contributed by atoms with Crippen LogP contribution in [-0.4, -0.2) is 59.2 Å². The molecule has 0 unspecified atom stereocenters. The monoisotopic (exact) mass is 541 g/mol. The Hall–Kier alpha value is -3.60. The number of aromatic nitrogens is 3. The van der Waals surface area contributed by atoms with Crippen LogP contribution in [-0.2, 0) is 9.53 Å². The van der Waals surface area contributed by atoms with Gasteiger partial charge in [0.1, 0.15) is 29.9 Å². The van der Waals surface area contributed by atoms with Crippen molar-refractivity contribution in [1.29, 1.82) is 0 Å². The summed E-state index contributed by atoms with van der Waals surface area (Å²) in [7, 11) is 1.48. The van der Waals surface area contributed by atoms with Crippen molar-refractivity contribution in [3.63, 3.8) is 0 Å². The third kappa shape index (κ3) is 6.19. The van der Waals surface area contributed by atoms with Gasteiger partial charge in [0.2, 0.25) is 5.91 Å². The Labute approximate surface area is 225 Å². The second kappa shape index (κ2) is 11.6. The Bertz CT molecular complexity index is 1350. The van der Waals surface area contributed by atoms with E-state index in [2.05, 4.69) is 25.6 Å². The Morgan fingerprint density at radius 1 is 1.08 bits per heavy atom. The number of carbonyl (C=O) groups excluding carboxylic acids is 2. The number of ether oxygens (including phenoxy) is 2. The molecule has 9 nitrogen and oxygen atoms in total. The number of rotatable bonds is 10. The molecule has 208 valence electrons. The molecule has 2 fully saturated rings. The molecule has 0 bridgehead atoms. The van der Waals surface area contributed by atoms with Gasteiger partial charge in [-0.05, 0) is 69.6 Å². The number of amides is 2. The molecule has 39 heavy (non-hydrogen) atoms. The summed E-state index contributed by atoms with van der Waals surface area (Å²) in [5.41, 5.74) is 2.62. The van der Waals surface area contributed by atoms with Crippen molar-refractivity contribution in [2.75, 3.05) is 20.3 Å². The maximum atomic E-state index is 13.6. The second-order valence-corrected chi connectivity index (χ2v) is 10.4. The fourth-order valence-electron chi connectivity index (χ4n) is 5.13. The zero-order valence-electron chi connectivity index (χ0n) is 22.1. The molecule has 3 N–H and O–H groups in total. The highest BCUT2D eigenvalue weighted by Gasteiger charge is 2.28.